The topological polar surface area (TPSA) is 58.0 Å². The van der Waals surface area contributed by atoms with Gasteiger partial charge < -0.3 is 0 Å². The first kappa shape index (κ1) is 50.0. The van der Waals surface area contributed by atoms with Gasteiger partial charge in [-0.1, -0.05) is 199 Å². The third-order valence-corrected chi connectivity index (χ3v) is 18.1. The molecule has 0 unspecified atom stereocenters. The van der Waals surface area contributed by atoms with Gasteiger partial charge >= 0.3 is 0 Å². The normalized spacial score (nSPS) is 14.6. The van der Waals surface area contributed by atoms with Gasteiger partial charge in [-0.05, 0) is 160 Å². The van der Waals surface area contributed by atoms with Crippen LogP contribution in [0.4, 0.5) is 34.4 Å². The summed E-state index contributed by atoms with van der Waals surface area (Å²) in [6.07, 6.45) is 20.3. The van der Waals surface area contributed by atoms with Crippen molar-refractivity contribution < 1.29 is 0 Å². The predicted molar refractivity (Wildman–Crippen MR) is 345 cm³/mol. The van der Waals surface area contributed by atoms with Crippen LogP contribution in [-0.4, -0.2) is 19.9 Å². The SMILES string of the molecule is CC1(C)c2cc(C=Cc3ccc4c(c3)C(C)(C)c3cc(N(c5ccncc5)c5nccc6ccccc56)ccc3-4)ccc2-c2ccc(C=Cc3ccc4c(c3)C(C)(C)c3cc(N(c5ccncc5)c5nccc6ccccc56)ccc3-4)cc21. The summed E-state index contributed by atoms with van der Waals surface area (Å²) in [7, 11) is 0. The quantitative estimate of drug-likeness (QED) is 0.127. The highest BCUT2D eigenvalue weighted by Crippen LogP contribution is 2.54. The molecule has 15 rings (SSSR count). The molecule has 0 saturated heterocycles. The summed E-state index contributed by atoms with van der Waals surface area (Å²) in [5, 5.41) is 4.50. The molecular weight excluding hydrogens is 1010 g/mol. The van der Waals surface area contributed by atoms with Crippen LogP contribution in [0.5, 0.6) is 0 Å². The van der Waals surface area contributed by atoms with E-state index < -0.39 is 0 Å². The van der Waals surface area contributed by atoms with E-state index in [0.29, 0.717) is 0 Å². The molecule has 0 atom stereocenters. The Hall–Kier alpha value is -10.0. The highest BCUT2D eigenvalue weighted by Gasteiger charge is 2.39. The van der Waals surface area contributed by atoms with Crippen LogP contribution >= 0.6 is 0 Å². The number of pyridine rings is 4. The van der Waals surface area contributed by atoms with E-state index in [0.717, 1.165) is 55.9 Å². The lowest BCUT2D eigenvalue weighted by atomic mass is 9.81. The second kappa shape index (κ2) is 19.0. The molecule has 0 spiro atoms. The third kappa shape index (κ3) is 8.14. The number of rotatable bonds is 10. The maximum absolute atomic E-state index is 4.97. The molecule has 0 aliphatic heterocycles. The van der Waals surface area contributed by atoms with Crippen molar-refractivity contribution in [2.24, 2.45) is 0 Å². The van der Waals surface area contributed by atoms with Gasteiger partial charge in [-0.3, -0.25) is 19.8 Å². The molecule has 6 heteroatoms. The van der Waals surface area contributed by atoms with E-state index in [-0.39, 0.29) is 16.2 Å². The molecule has 8 aromatic carbocycles. The van der Waals surface area contributed by atoms with Crippen molar-refractivity contribution in [3.05, 3.63) is 287 Å². The van der Waals surface area contributed by atoms with Crippen molar-refractivity contribution in [3.8, 4) is 33.4 Å². The molecule has 3 aliphatic rings. The molecule has 0 amide bonds. The molecule has 398 valence electrons. The van der Waals surface area contributed by atoms with Crippen LogP contribution in [0.1, 0.15) is 97.2 Å². The summed E-state index contributed by atoms with van der Waals surface area (Å²) >= 11 is 0. The van der Waals surface area contributed by atoms with Gasteiger partial charge in [0, 0.05) is 75.6 Å². The lowest BCUT2D eigenvalue weighted by molar-refractivity contribution is 0.660. The van der Waals surface area contributed by atoms with Crippen LogP contribution < -0.4 is 9.80 Å². The fraction of sp³-hybridized carbons (Fsp3) is 0.117. The van der Waals surface area contributed by atoms with E-state index in [2.05, 4.69) is 280 Å². The molecule has 4 aromatic heterocycles. The average Bonchev–Trinajstić information content (AvgIpc) is 4.07. The summed E-state index contributed by atoms with van der Waals surface area (Å²) in [4.78, 5) is 23.2. The minimum Gasteiger partial charge on any atom is -0.294 e. The minimum absolute atomic E-state index is 0.171. The van der Waals surface area contributed by atoms with Gasteiger partial charge in [0.15, 0.2) is 0 Å². The molecule has 0 bridgehead atoms. The maximum atomic E-state index is 4.97. The van der Waals surface area contributed by atoms with E-state index in [1.165, 1.54) is 89.0 Å². The van der Waals surface area contributed by atoms with Crippen LogP contribution in [0.3, 0.4) is 0 Å². The van der Waals surface area contributed by atoms with Crippen molar-refractivity contribution in [1.82, 2.24) is 19.9 Å². The number of aromatic nitrogens is 4. The van der Waals surface area contributed by atoms with Gasteiger partial charge in [-0.25, -0.2) is 9.97 Å². The lowest BCUT2D eigenvalue weighted by Gasteiger charge is -2.28. The summed E-state index contributed by atoms with van der Waals surface area (Å²) in [5.41, 5.74) is 24.1. The Morgan fingerprint density at radius 2 is 0.590 bits per heavy atom. The van der Waals surface area contributed by atoms with E-state index in [9.17, 15) is 0 Å². The maximum Gasteiger partial charge on any atom is 0.145 e. The summed E-state index contributed by atoms with van der Waals surface area (Å²) < 4.78 is 0. The van der Waals surface area contributed by atoms with Crippen molar-refractivity contribution in [2.75, 3.05) is 9.80 Å². The summed E-state index contributed by atoms with van der Waals surface area (Å²) in [6, 6.07) is 71.1. The van der Waals surface area contributed by atoms with Crippen molar-refractivity contribution in [3.63, 3.8) is 0 Å². The second-order valence-electron chi connectivity index (χ2n) is 24.0. The van der Waals surface area contributed by atoms with Gasteiger partial charge in [0.25, 0.3) is 0 Å². The number of anilines is 6. The number of hydrogen-bond donors (Lipinski definition) is 0. The van der Waals surface area contributed by atoms with E-state index in [1.54, 1.807) is 0 Å². The van der Waals surface area contributed by atoms with Crippen molar-refractivity contribution in [1.29, 1.82) is 0 Å². The lowest BCUT2D eigenvalue weighted by Crippen LogP contribution is -2.17. The molecule has 0 saturated carbocycles. The fourth-order valence-corrected chi connectivity index (χ4v) is 13.7. The van der Waals surface area contributed by atoms with Crippen molar-refractivity contribution >= 4 is 80.2 Å². The highest BCUT2D eigenvalue weighted by molar-refractivity contribution is 5.99. The van der Waals surface area contributed by atoms with Gasteiger partial charge in [0.2, 0.25) is 0 Å². The van der Waals surface area contributed by atoms with Crippen LogP contribution in [0, 0.1) is 0 Å². The first-order valence-corrected chi connectivity index (χ1v) is 28.7. The molecule has 12 aromatic rings. The minimum atomic E-state index is -0.225. The Bertz CT molecular complexity index is 4360. The molecule has 6 nitrogen and oxygen atoms in total. The predicted octanol–water partition coefficient (Wildman–Crippen LogP) is 19.8. The van der Waals surface area contributed by atoms with Gasteiger partial charge in [-0.15, -0.1) is 0 Å². The Labute approximate surface area is 485 Å². The van der Waals surface area contributed by atoms with Gasteiger partial charge in [-0.2, -0.15) is 0 Å². The second-order valence-corrected chi connectivity index (χ2v) is 24.0. The molecule has 3 aliphatic carbocycles. The van der Waals surface area contributed by atoms with Gasteiger partial charge in [0.05, 0.1) is 11.4 Å². The number of nitrogens with zero attached hydrogens (tertiary/aromatic N) is 6. The fourth-order valence-electron chi connectivity index (χ4n) is 13.7. The summed E-state index contributed by atoms with van der Waals surface area (Å²) in [6.45, 7) is 14.2. The molecule has 0 N–H and O–H groups in total. The average molecular weight is 1070 g/mol. The molecule has 4 heterocycles. The Morgan fingerprint density at radius 3 is 0.928 bits per heavy atom. The first-order valence-electron chi connectivity index (χ1n) is 28.7. The highest BCUT2D eigenvalue weighted by atomic mass is 15.2. The standard InChI is InChI=1S/C77H60N6/c1-75(2)67-43-49(15-17-51-21-27-63-65-29-23-57(47-71(65)76(3,4)69(63)45-51)82(55-33-37-78-38-34-55)73-59-13-9-7-11-53(59)31-41-80-73)19-25-61(67)62-26-20-50(44-68(62)75)16-18-52-22-28-64-66-30-24-58(48-72(66)77(5,6)70(64)46-52)83(56-35-39-79-40-36-56)74-60-14-10-8-12-54(60)32-42-81-74/h7-48H,1-6H3. The van der Waals surface area contributed by atoms with E-state index >= 15 is 0 Å². The van der Waals surface area contributed by atoms with Crippen LogP contribution in [0.15, 0.2) is 231 Å². The largest absolute Gasteiger partial charge is 0.294 e. The number of benzene rings is 8. The molecule has 0 fully saturated rings. The van der Waals surface area contributed by atoms with Crippen LogP contribution in [0.25, 0.3) is 79.2 Å². The van der Waals surface area contributed by atoms with E-state index in [1.807, 2.05) is 37.2 Å². The Morgan fingerprint density at radius 1 is 0.289 bits per heavy atom. The van der Waals surface area contributed by atoms with E-state index in [4.69, 9.17) is 9.97 Å². The molecule has 83 heavy (non-hydrogen) atoms. The zero-order valence-electron chi connectivity index (χ0n) is 47.4. The smallest absolute Gasteiger partial charge is 0.145 e. The first-order chi connectivity index (χ1) is 40.4. The molecule has 0 radical (unpaired) electrons. The van der Waals surface area contributed by atoms with Crippen LogP contribution in [0.2, 0.25) is 0 Å². The number of hydrogen-bond acceptors (Lipinski definition) is 6. The number of fused-ring (bicyclic) bond motifs is 11. The third-order valence-electron chi connectivity index (χ3n) is 18.1. The zero-order valence-corrected chi connectivity index (χ0v) is 47.4. The van der Waals surface area contributed by atoms with Crippen molar-refractivity contribution in [2.45, 2.75) is 57.8 Å². The van der Waals surface area contributed by atoms with Crippen LogP contribution in [-0.2, 0) is 16.2 Å². The Kier molecular flexibility index (Phi) is 11.5. The zero-order chi connectivity index (χ0) is 56.2. The van der Waals surface area contributed by atoms with Gasteiger partial charge in [0.1, 0.15) is 11.6 Å². The summed E-state index contributed by atoms with van der Waals surface area (Å²) in [5.74, 6) is 1.79. The monoisotopic (exact) mass is 1070 g/mol. The molecular formula is C77H60N6. The Balaban J connectivity index is 0.671.